The predicted octanol–water partition coefficient (Wildman–Crippen LogP) is 2.52. The minimum atomic E-state index is -1.16. The van der Waals surface area contributed by atoms with Crippen LogP contribution >= 0.6 is 0 Å². The van der Waals surface area contributed by atoms with Crippen molar-refractivity contribution in [2.24, 2.45) is 5.73 Å². The summed E-state index contributed by atoms with van der Waals surface area (Å²) < 4.78 is 0. The van der Waals surface area contributed by atoms with Crippen molar-refractivity contribution in [2.75, 3.05) is 0 Å². The van der Waals surface area contributed by atoms with Crippen molar-refractivity contribution in [3.63, 3.8) is 0 Å². The molecule has 0 radical (unpaired) electrons. The summed E-state index contributed by atoms with van der Waals surface area (Å²) in [6, 6.07) is -1.09. The third-order valence-electron chi connectivity index (χ3n) is 3.65. The molecule has 0 fully saturated rings. The Morgan fingerprint density at radius 1 is 1.13 bits per heavy atom. The molecule has 0 saturated carbocycles. The molecule has 132 valence electrons. The van der Waals surface area contributed by atoms with E-state index < -0.39 is 23.8 Å². The van der Waals surface area contributed by atoms with Crippen LogP contribution in [0.1, 0.15) is 71.6 Å². The van der Waals surface area contributed by atoms with E-state index in [0.717, 1.165) is 19.3 Å². The van der Waals surface area contributed by atoms with Gasteiger partial charge in [-0.3, -0.25) is 9.59 Å². The van der Waals surface area contributed by atoms with Gasteiger partial charge in [0.05, 0.1) is 0 Å². The van der Waals surface area contributed by atoms with E-state index in [1.807, 2.05) is 6.08 Å². The van der Waals surface area contributed by atoms with Gasteiger partial charge >= 0.3 is 5.97 Å². The van der Waals surface area contributed by atoms with Gasteiger partial charge in [-0.05, 0) is 26.2 Å². The molecule has 0 rings (SSSR count). The summed E-state index contributed by atoms with van der Waals surface area (Å²) in [5, 5.41) is 11.5. The Bertz CT molecular complexity index is 419. The molecule has 0 aliphatic carbocycles. The summed E-state index contributed by atoms with van der Waals surface area (Å²) in [4.78, 5) is 33.7. The van der Waals surface area contributed by atoms with Crippen LogP contribution in [0, 0.1) is 0 Å². The average Bonchev–Trinajstić information content (AvgIpc) is 2.49. The highest BCUT2D eigenvalue weighted by atomic mass is 16.4. The molecular weight excluding hydrogens is 296 g/mol. The highest BCUT2D eigenvalue weighted by molar-refractivity contribution is 5.95. The van der Waals surface area contributed by atoms with Gasteiger partial charge in [-0.1, -0.05) is 45.1 Å². The monoisotopic (exact) mass is 326 g/mol. The van der Waals surface area contributed by atoms with Crippen molar-refractivity contribution < 1.29 is 19.5 Å². The first-order valence-corrected chi connectivity index (χ1v) is 8.37. The van der Waals surface area contributed by atoms with Crippen LogP contribution in [0.15, 0.2) is 11.6 Å². The fourth-order valence-electron chi connectivity index (χ4n) is 2.15. The Hall–Kier alpha value is -1.85. The number of carboxylic acids is 1. The molecule has 1 atom stereocenters. The predicted molar refractivity (Wildman–Crippen MR) is 89.7 cm³/mol. The number of unbranched alkanes of at least 4 members (excludes halogenated alkanes) is 6. The van der Waals surface area contributed by atoms with Gasteiger partial charge in [0.1, 0.15) is 6.04 Å². The standard InChI is InChI=1S/C17H30N2O4/c1-3-4-5-6-7-8-9-10-13(2)16(21)19-14(17(22)23)11-12-15(18)20/h10,14H,3-9,11-12H2,1-2H3,(H2,18,20)(H,19,21)(H,22,23)/b13-10+. The fourth-order valence-corrected chi connectivity index (χ4v) is 2.15. The first-order chi connectivity index (χ1) is 10.9. The van der Waals surface area contributed by atoms with Crippen molar-refractivity contribution >= 4 is 17.8 Å². The maximum Gasteiger partial charge on any atom is 0.326 e. The maximum absolute atomic E-state index is 11.9. The molecule has 0 saturated heterocycles. The van der Waals surface area contributed by atoms with Crippen molar-refractivity contribution in [2.45, 2.75) is 77.7 Å². The topological polar surface area (TPSA) is 109 Å². The quantitative estimate of drug-likeness (QED) is 0.357. The van der Waals surface area contributed by atoms with E-state index in [1.54, 1.807) is 6.92 Å². The van der Waals surface area contributed by atoms with E-state index in [-0.39, 0.29) is 12.8 Å². The number of aliphatic carboxylic acids is 1. The van der Waals surface area contributed by atoms with Crippen LogP contribution in [-0.4, -0.2) is 28.9 Å². The van der Waals surface area contributed by atoms with Crippen molar-refractivity contribution in [1.82, 2.24) is 5.32 Å². The SMILES string of the molecule is CCCCCCCC/C=C(\C)C(=O)NC(CCC(N)=O)C(=O)O. The van der Waals surface area contributed by atoms with Gasteiger partial charge in [-0.15, -0.1) is 0 Å². The second kappa shape index (κ2) is 12.7. The second-order valence-electron chi connectivity index (χ2n) is 5.81. The first-order valence-electron chi connectivity index (χ1n) is 8.37. The normalized spacial score (nSPS) is 12.7. The molecule has 23 heavy (non-hydrogen) atoms. The van der Waals surface area contributed by atoms with E-state index in [4.69, 9.17) is 10.8 Å². The molecule has 0 aliphatic rings. The first kappa shape index (κ1) is 21.1. The minimum absolute atomic E-state index is 0.00111. The number of hydrogen-bond acceptors (Lipinski definition) is 3. The van der Waals surface area contributed by atoms with Gasteiger partial charge in [-0.2, -0.15) is 0 Å². The van der Waals surface area contributed by atoms with E-state index in [0.29, 0.717) is 5.57 Å². The number of carboxylic acid groups (broad SMARTS) is 1. The average molecular weight is 326 g/mol. The lowest BCUT2D eigenvalue weighted by molar-refractivity contribution is -0.141. The maximum atomic E-state index is 11.9. The number of amides is 2. The fraction of sp³-hybridized carbons (Fsp3) is 0.706. The smallest absolute Gasteiger partial charge is 0.326 e. The second-order valence-corrected chi connectivity index (χ2v) is 5.81. The largest absolute Gasteiger partial charge is 0.480 e. The van der Waals surface area contributed by atoms with Gasteiger partial charge in [-0.25, -0.2) is 4.79 Å². The summed E-state index contributed by atoms with van der Waals surface area (Å²) in [5.74, 6) is -2.16. The highest BCUT2D eigenvalue weighted by Crippen LogP contribution is 2.09. The molecule has 0 aromatic carbocycles. The van der Waals surface area contributed by atoms with Gasteiger partial charge in [0.15, 0.2) is 0 Å². The third kappa shape index (κ3) is 11.4. The highest BCUT2D eigenvalue weighted by Gasteiger charge is 2.20. The van der Waals surface area contributed by atoms with E-state index in [2.05, 4.69) is 12.2 Å². The summed E-state index contributed by atoms with van der Waals surface area (Å²) >= 11 is 0. The van der Waals surface area contributed by atoms with Crippen LogP contribution in [0.2, 0.25) is 0 Å². The minimum Gasteiger partial charge on any atom is -0.480 e. The van der Waals surface area contributed by atoms with E-state index >= 15 is 0 Å². The van der Waals surface area contributed by atoms with Crippen molar-refractivity contribution in [1.29, 1.82) is 0 Å². The lowest BCUT2D eigenvalue weighted by atomic mass is 10.1. The molecule has 2 amide bonds. The van der Waals surface area contributed by atoms with Crippen LogP contribution < -0.4 is 11.1 Å². The number of primary amides is 1. The van der Waals surface area contributed by atoms with Gasteiger partial charge < -0.3 is 16.2 Å². The molecule has 1 unspecified atom stereocenters. The van der Waals surface area contributed by atoms with Crippen molar-refractivity contribution in [3.05, 3.63) is 11.6 Å². The number of nitrogens with one attached hydrogen (secondary N) is 1. The van der Waals surface area contributed by atoms with E-state index in [1.165, 1.54) is 25.7 Å². The number of nitrogens with two attached hydrogens (primary N) is 1. The Balaban J connectivity index is 4.16. The molecule has 0 aromatic heterocycles. The summed E-state index contributed by atoms with van der Waals surface area (Å²) in [6.45, 7) is 3.85. The van der Waals surface area contributed by atoms with Crippen molar-refractivity contribution in [3.8, 4) is 0 Å². The molecule has 0 bridgehead atoms. The zero-order chi connectivity index (χ0) is 17.7. The molecule has 6 nitrogen and oxygen atoms in total. The Morgan fingerprint density at radius 2 is 1.74 bits per heavy atom. The Morgan fingerprint density at radius 3 is 2.30 bits per heavy atom. The van der Waals surface area contributed by atoms with Gasteiger partial charge in [0.2, 0.25) is 11.8 Å². The molecule has 0 aliphatic heterocycles. The van der Waals surface area contributed by atoms with E-state index in [9.17, 15) is 14.4 Å². The van der Waals surface area contributed by atoms with Gasteiger partial charge in [0.25, 0.3) is 0 Å². The number of allylic oxidation sites excluding steroid dienone is 1. The van der Waals surface area contributed by atoms with Gasteiger partial charge in [0, 0.05) is 12.0 Å². The zero-order valence-electron chi connectivity index (χ0n) is 14.3. The molecule has 0 aromatic rings. The number of hydrogen-bond donors (Lipinski definition) is 3. The zero-order valence-corrected chi connectivity index (χ0v) is 14.3. The molecule has 4 N–H and O–H groups in total. The Kier molecular flexibility index (Phi) is 11.7. The lowest BCUT2D eigenvalue weighted by Crippen LogP contribution is -2.41. The number of rotatable bonds is 13. The van der Waals surface area contributed by atoms with Crippen LogP contribution in [0.3, 0.4) is 0 Å². The number of carbonyl (C=O) groups excluding carboxylic acids is 2. The molecule has 0 spiro atoms. The van der Waals surface area contributed by atoms with Crippen LogP contribution in [0.25, 0.3) is 0 Å². The third-order valence-corrected chi connectivity index (χ3v) is 3.65. The van der Waals surface area contributed by atoms with Crippen LogP contribution in [-0.2, 0) is 14.4 Å². The number of carbonyl (C=O) groups is 3. The molecule has 0 heterocycles. The van der Waals surface area contributed by atoms with Crippen LogP contribution in [0.4, 0.5) is 0 Å². The summed E-state index contributed by atoms with van der Waals surface area (Å²) in [6.07, 6.45) is 9.69. The molecule has 6 heteroatoms. The molecular formula is C17H30N2O4. The van der Waals surface area contributed by atoms with Crippen LogP contribution in [0.5, 0.6) is 0 Å². The Labute approximate surface area is 138 Å². The lowest BCUT2D eigenvalue weighted by Gasteiger charge is -2.14. The summed E-state index contributed by atoms with van der Waals surface area (Å²) in [5.41, 5.74) is 5.50. The summed E-state index contributed by atoms with van der Waals surface area (Å²) in [7, 11) is 0.